The van der Waals surface area contributed by atoms with Crippen molar-refractivity contribution in [2.45, 2.75) is 13.3 Å². The summed E-state index contributed by atoms with van der Waals surface area (Å²) in [7, 11) is 0. The highest BCUT2D eigenvalue weighted by Crippen LogP contribution is 2.31. The number of nitrogens with zero attached hydrogens (tertiary/aromatic N) is 3. The zero-order valence-electron chi connectivity index (χ0n) is 14.4. The van der Waals surface area contributed by atoms with E-state index >= 15 is 0 Å². The maximum atomic E-state index is 12.5. The highest BCUT2D eigenvalue weighted by molar-refractivity contribution is 6.04. The van der Waals surface area contributed by atoms with E-state index < -0.39 is 0 Å². The lowest BCUT2D eigenvalue weighted by molar-refractivity contribution is 0.102. The summed E-state index contributed by atoms with van der Waals surface area (Å²) >= 11 is 0. The van der Waals surface area contributed by atoms with E-state index in [9.17, 15) is 9.59 Å². The first kappa shape index (κ1) is 16.1. The third kappa shape index (κ3) is 2.88. The van der Waals surface area contributed by atoms with Crippen molar-refractivity contribution >= 4 is 29.0 Å². The number of carbonyl (C=O) groups excluding carboxylic acids is 2. The molecule has 26 heavy (non-hydrogen) atoms. The number of aromatic nitrogens is 2. The Balaban J connectivity index is 1.56. The van der Waals surface area contributed by atoms with Crippen LogP contribution in [-0.4, -0.2) is 34.4 Å². The molecular formula is C19H19N5O2. The fraction of sp³-hybridized carbons (Fsp3) is 0.211. The largest absolute Gasteiger partial charge is 0.338 e. The van der Waals surface area contributed by atoms with Gasteiger partial charge in [-0.2, -0.15) is 0 Å². The molecule has 0 fully saturated rings. The quantitative estimate of drug-likeness (QED) is 0.763. The number of fused-ring (bicyclic) bond motifs is 2. The average molecular weight is 349 g/mol. The number of imidazole rings is 1. The summed E-state index contributed by atoms with van der Waals surface area (Å²) < 4.78 is 1.80. The number of hydrogen-bond donors (Lipinski definition) is 2. The number of urea groups is 1. The Bertz CT molecular complexity index is 962. The van der Waals surface area contributed by atoms with Gasteiger partial charge in [0.2, 0.25) is 0 Å². The monoisotopic (exact) mass is 349 g/mol. The standard InChI is InChI=1S/C19H19N5O2/c1-2-20-19(26)24-10-8-13-6-7-14(11-16(13)24)21-18(25)15-12-23-9-4-3-5-17(23)22-15/h3-7,9,11-12H,2,8,10H2,1H3,(H,20,26)(H,21,25). The molecule has 0 bridgehead atoms. The van der Waals surface area contributed by atoms with Crippen LogP contribution in [-0.2, 0) is 6.42 Å². The van der Waals surface area contributed by atoms with Crippen molar-refractivity contribution in [3.8, 4) is 0 Å². The lowest BCUT2D eigenvalue weighted by Gasteiger charge is -2.18. The Labute approximate surface area is 150 Å². The number of nitrogens with one attached hydrogen (secondary N) is 2. The molecule has 1 aromatic carbocycles. The van der Waals surface area contributed by atoms with Gasteiger partial charge in [-0.05, 0) is 43.2 Å². The molecule has 0 saturated heterocycles. The van der Waals surface area contributed by atoms with Crippen molar-refractivity contribution < 1.29 is 9.59 Å². The normalized spacial score (nSPS) is 12.9. The molecule has 7 heteroatoms. The van der Waals surface area contributed by atoms with Gasteiger partial charge in [0.25, 0.3) is 5.91 Å². The highest BCUT2D eigenvalue weighted by atomic mass is 16.2. The zero-order chi connectivity index (χ0) is 18.1. The second-order valence-corrected chi connectivity index (χ2v) is 6.13. The molecule has 0 unspecified atom stereocenters. The minimum Gasteiger partial charge on any atom is -0.338 e. The highest BCUT2D eigenvalue weighted by Gasteiger charge is 2.24. The summed E-state index contributed by atoms with van der Waals surface area (Å²) in [6, 6.07) is 11.1. The van der Waals surface area contributed by atoms with Gasteiger partial charge in [-0.15, -0.1) is 0 Å². The van der Waals surface area contributed by atoms with Gasteiger partial charge in [0, 0.05) is 31.2 Å². The van der Waals surface area contributed by atoms with E-state index in [1.807, 2.05) is 49.5 Å². The van der Waals surface area contributed by atoms with Crippen LogP contribution in [0.2, 0.25) is 0 Å². The van der Waals surface area contributed by atoms with Crippen molar-refractivity contribution in [2.24, 2.45) is 0 Å². The molecular weight excluding hydrogens is 330 g/mol. The van der Waals surface area contributed by atoms with Crippen LogP contribution in [0, 0.1) is 0 Å². The second kappa shape index (κ2) is 6.51. The van der Waals surface area contributed by atoms with E-state index in [-0.39, 0.29) is 11.9 Å². The van der Waals surface area contributed by atoms with Gasteiger partial charge in [-0.3, -0.25) is 9.69 Å². The molecule has 1 aliphatic heterocycles. The van der Waals surface area contributed by atoms with Gasteiger partial charge in [0.15, 0.2) is 0 Å². The molecule has 0 atom stereocenters. The number of rotatable bonds is 3. The third-order valence-electron chi connectivity index (χ3n) is 4.41. The second-order valence-electron chi connectivity index (χ2n) is 6.13. The Morgan fingerprint density at radius 3 is 2.92 bits per heavy atom. The van der Waals surface area contributed by atoms with Crippen molar-refractivity contribution in [1.29, 1.82) is 0 Å². The van der Waals surface area contributed by atoms with Crippen LogP contribution in [0.3, 0.4) is 0 Å². The van der Waals surface area contributed by atoms with Crippen molar-refractivity contribution in [3.05, 3.63) is 60.0 Å². The first-order valence-corrected chi connectivity index (χ1v) is 8.59. The maximum Gasteiger partial charge on any atom is 0.321 e. The predicted octanol–water partition coefficient (Wildman–Crippen LogP) is 2.68. The lowest BCUT2D eigenvalue weighted by atomic mass is 10.1. The van der Waals surface area contributed by atoms with E-state index in [2.05, 4.69) is 15.6 Å². The van der Waals surface area contributed by atoms with E-state index in [0.717, 1.165) is 17.7 Å². The molecule has 3 amide bonds. The third-order valence-corrected chi connectivity index (χ3v) is 4.41. The molecule has 0 radical (unpaired) electrons. The van der Waals surface area contributed by atoms with Crippen LogP contribution in [0.1, 0.15) is 23.0 Å². The molecule has 0 aliphatic carbocycles. The zero-order valence-corrected chi connectivity index (χ0v) is 14.4. The van der Waals surface area contributed by atoms with Gasteiger partial charge < -0.3 is 15.0 Å². The molecule has 3 heterocycles. The topological polar surface area (TPSA) is 78.7 Å². The number of benzene rings is 1. The Hall–Kier alpha value is -3.35. The molecule has 2 N–H and O–H groups in total. The molecule has 4 rings (SSSR count). The smallest absolute Gasteiger partial charge is 0.321 e. The van der Waals surface area contributed by atoms with Gasteiger partial charge >= 0.3 is 6.03 Å². The minimum absolute atomic E-state index is 0.116. The number of hydrogen-bond acceptors (Lipinski definition) is 3. The van der Waals surface area contributed by atoms with Crippen LogP contribution in [0.25, 0.3) is 5.65 Å². The Morgan fingerprint density at radius 2 is 2.12 bits per heavy atom. The Morgan fingerprint density at radius 1 is 1.23 bits per heavy atom. The van der Waals surface area contributed by atoms with E-state index in [1.54, 1.807) is 15.5 Å². The van der Waals surface area contributed by atoms with Crippen LogP contribution in [0.4, 0.5) is 16.2 Å². The van der Waals surface area contributed by atoms with E-state index in [4.69, 9.17) is 0 Å². The summed E-state index contributed by atoms with van der Waals surface area (Å²) in [4.78, 5) is 30.7. The fourth-order valence-electron chi connectivity index (χ4n) is 3.15. The van der Waals surface area contributed by atoms with Crippen LogP contribution < -0.4 is 15.5 Å². The van der Waals surface area contributed by atoms with Crippen molar-refractivity contribution in [1.82, 2.24) is 14.7 Å². The lowest BCUT2D eigenvalue weighted by Crippen LogP contribution is -2.38. The minimum atomic E-state index is -0.281. The summed E-state index contributed by atoms with van der Waals surface area (Å²) in [5.74, 6) is -0.281. The molecule has 3 aromatic rings. The van der Waals surface area contributed by atoms with E-state index in [1.165, 1.54) is 0 Å². The Kier molecular flexibility index (Phi) is 4.04. The number of carbonyl (C=O) groups is 2. The summed E-state index contributed by atoms with van der Waals surface area (Å²) in [5, 5.41) is 5.68. The summed E-state index contributed by atoms with van der Waals surface area (Å²) in [6.45, 7) is 3.11. The average Bonchev–Trinajstić information content (AvgIpc) is 3.25. The molecule has 132 valence electrons. The van der Waals surface area contributed by atoms with E-state index in [0.29, 0.717) is 30.1 Å². The molecule has 0 spiro atoms. The summed E-state index contributed by atoms with van der Waals surface area (Å²) in [6.07, 6.45) is 4.35. The van der Waals surface area contributed by atoms with Gasteiger partial charge in [-0.1, -0.05) is 12.1 Å². The number of pyridine rings is 1. The molecule has 7 nitrogen and oxygen atoms in total. The molecule has 1 aliphatic rings. The number of amides is 3. The first-order valence-electron chi connectivity index (χ1n) is 8.59. The predicted molar refractivity (Wildman–Crippen MR) is 99.7 cm³/mol. The van der Waals surface area contributed by atoms with Crippen molar-refractivity contribution in [3.63, 3.8) is 0 Å². The fourth-order valence-corrected chi connectivity index (χ4v) is 3.15. The van der Waals surface area contributed by atoms with Gasteiger partial charge in [0.05, 0.1) is 5.69 Å². The van der Waals surface area contributed by atoms with Gasteiger partial charge in [-0.25, -0.2) is 9.78 Å². The van der Waals surface area contributed by atoms with Crippen LogP contribution in [0.15, 0.2) is 48.8 Å². The SMILES string of the molecule is CCNC(=O)N1CCc2ccc(NC(=O)c3cn4ccccc4n3)cc21. The molecule has 0 saturated carbocycles. The summed E-state index contributed by atoms with van der Waals surface area (Å²) in [5.41, 5.74) is 3.64. The van der Waals surface area contributed by atoms with Crippen LogP contribution in [0.5, 0.6) is 0 Å². The van der Waals surface area contributed by atoms with Crippen molar-refractivity contribution in [2.75, 3.05) is 23.3 Å². The molecule has 2 aromatic heterocycles. The maximum absolute atomic E-state index is 12.5. The number of anilines is 2. The van der Waals surface area contributed by atoms with Crippen LogP contribution >= 0.6 is 0 Å². The first-order chi connectivity index (χ1) is 12.7. The van der Waals surface area contributed by atoms with Gasteiger partial charge in [0.1, 0.15) is 11.3 Å².